The molecule has 0 spiro atoms. The molecule has 0 saturated carbocycles. The van der Waals surface area contributed by atoms with E-state index in [0.29, 0.717) is 10.7 Å². The molecule has 0 radical (unpaired) electrons. The number of fused-ring (bicyclic) bond motifs is 1. The van der Waals surface area contributed by atoms with Gasteiger partial charge in [0.05, 0.1) is 6.04 Å². The maximum absolute atomic E-state index is 12.9. The van der Waals surface area contributed by atoms with Crippen LogP contribution in [0.1, 0.15) is 54.7 Å². The van der Waals surface area contributed by atoms with Gasteiger partial charge in [0.25, 0.3) is 5.91 Å². The van der Waals surface area contributed by atoms with E-state index in [2.05, 4.69) is 41.3 Å². The van der Waals surface area contributed by atoms with Crippen molar-refractivity contribution in [3.8, 4) is 0 Å². The normalized spacial score (nSPS) is 12.4. The SMILES string of the molecule is CCCCN(C)CCCC(NC(=O)c1cc2cc(Cl)ccc2[nH]1)c1ccccc1. The van der Waals surface area contributed by atoms with E-state index in [0.717, 1.165) is 42.4 Å². The third-order valence-electron chi connectivity index (χ3n) is 5.26. The van der Waals surface area contributed by atoms with E-state index in [1.807, 2.05) is 42.5 Å². The monoisotopic (exact) mass is 411 g/mol. The summed E-state index contributed by atoms with van der Waals surface area (Å²) >= 11 is 6.07. The van der Waals surface area contributed by atoms with E-state index in [9.17, 15) is 4.79 Å². The Morgan fingerprint density at radius 3 is 2.62 bits per heavy atom. The van der Waals surface area contributed by atoms with Crippen molar-refractivity contribution in [3.63, 3.8) is 0 Å². The lowest BCUT2D eigenvalue weighted by Crippen LogP contribution is -2.30. The first-order valence-corrected chi connectivity index (χ1v) is 10.8. The molecule has 0 saturated heterocycles. The molecule has 1 aromatic heterocycles. The molecule has 0 bridgehead atoms. The number of hydrogen-bond donors (Lipinski definition) is 2. The number of carbonyl (C=O) groups is 1. The number of nitrogens with zero attached hydrogens (tertiary/aromatic N) is 1. The van der Waals surface area contributed by atoms with Crippen molar-refractivity contribution in [2.75, 3.05) is 20.1 Å². The number of nitrogens with one attached hydrogen (secondary N) is 2. The molecule has 0 aliphatic rings. The second kappa shape index (κ2) is 10.5. The first kappa shape index (κ1) is 21.4. The lowest BCUT2D eigenvalue weighted by atomic mass is 10.0. The summed E-state index contributed by atoms with van der Waals surface area (Å²) in [6.07, 6.45) is 4.36. The molecule has 2 N–H and O–H groups in total. The van der Waals surface area contributed by atoms with E-state index in [1.165, 1.54) is 12.8 Å². The van der Waals surface area contributed by atoms with Gasteiger partial charge in [0.15, 0.2) is 0 Å². The number of carbonyl (C=O) groups excluding carboxylic acids is 1. The standard InChI is InChI=1S/C24H30ClN3O/c1-3-4-14-28(2)15-8-11-21(18-9-6-5-7-10-18)27-24(29)23-17-19-16-20(25)12-13-22(19)26-23/h5-7,9-10,12-13,16-17,21,26H,3-4,8,11,14-15H2,1-2H3,(H,27,29). The van der Waals surface area contributed by atoms with Crippen molar-refractivity contribution in [2.24, 2.45) is 0 Å². The van der Waals surface area contributed by atoms with Crippen molar-refractivity contribution in [1.29, 1.82) is 0 Å². The highest BCUT2D eigenvalue weighted by Gasteiger charge is 2.17. The van der Waals surface area contributed by atoms with Crippen molar-refractivity contribution in [1.82, 2.24) is 15.2 Å². The predicted molar refractivity (Wildman–Crippen MR) is 122 cm³/mol. The van der Waals surface area contributed by atoms with Gasteiger partial charge in [0, 0.05) is 15.9 Å². The topological polar surface area (TPSA) is 48.1 Å². The van der Waals surface area contributed by atoms with Gasteiger partial charge in [-0.3, -0.25) is 4.79 Å². The van der Waals surface area contributed by atoms with Gasteiger partial charge < -0.3 is 15.2 Å². The van der Waals surface area contributed by atoms with Gasteiger partial charge >= 0.3 is 0 Å². The Balaban J connectivity index is 1.67. The van der Waals surface area contributed by atoms with Crippen LogP contribution in [-0.2, 0) is 0 Å². The van der Waals surface area contributed by atoms with Crippen LogP contribution in [0.15, 0.2) is 54.6 Å². The highest BCUT2D eigenvalue weighted by molar-refractivity contribution is 6.31. The highest BCUT2D eigenvalue weighted by Crippen LogP contribution is 2.22. The van der Waals surface area contributed by atoms with E-state index in [1.54, 1.807) is 0 Å². The Morgan fingerprint density at radius 2 is 1.86 bits per heavy atom. The highest BCUT2D eigenvalue weighted by atomic mass is 35.5. The number of unbranched alkanes of at least 4 members (excludes halogenated alkanes) is 1. The summed E-state index contributed by atoms with van der Waals surface area (Å²) in [6.45, 7) is 4.37. The number of H-pyrrole nitrogens is 1. The third-order valence-corrected chi connectivity index (χ3v) is 5.50. The summed E-state index contributed by atoms with van der Waals surface area (Å²) in [7, 11) is 2.17. The van der Waals surface area contributed by atoms with Crippen LogP contribution in [0, 0.1) is 0 Å². The first-order chi connectivity index (χ1) is 14.1. The fourth-order valence-electron chi connectivity index (χ4n) is 3.57. The quantitative estimate of drug-likeness (QED) is 0.442. The molecule has 4 nitrogen and oxygen atoms in total. The number of hydrogen-bond acceptors (Lipinski definition) is 2. The zero-order valence-corrected chi connectivity index (χ0v) is 18.0. The summed E-state index contributed by atoms with van der Waals surface area (Å²) < 4.78 is 0. The van der Waals surface area contributed by atoms with Gasteiger partial charge in [-0.2, -0.15) is 0 Å². The number of amides is 1. The van der Waals surface area contributed by atoms with E-state index < -0.39 is 0 Å². The van der Waals surface area contributed by atoms with Crippen LogP contribution in [0.4, 0.5) is 0 Å². The minimum absolute atomic E-state index is 0.0155. The van der Waals surface area contributed by atoms with E-state index in [-0.39, 0.29) is 11.9 Å². The van der Waals surface area contributed by atoms with Crippen LogP contribution in [0.25, 0.3) is 10.9 Å². The summed E-state index contributed by atoms with van der Waals surface area (Å²) in [5, 5.41) is 4.83. The number of aromatic amines is 1. The molecule has 2 aromatic carbocycles. The molecule has 0 fully saturated rings. The average Bonchev–Trinajstić information content (AvgIpc) is 3.15. The van der Waals surface area contributed by atoms with Crippen LogP contribution >= 0.6 is 11.6 Å². The van der Waals surface area contributed by atoms with Crippen molar-refractivity contribution in [3.05, 3.63) is 70.9 Å². The maximum Gasteiger partial charge on any atom is 0.268 e. The summed E-state index contributed by atoms with van der Waals surface area (Å²) in [5.74, 6) is -0.0921. The van der Waals surface area contributed by atoms with Gasteiger partial charge in [-0.1, -0.05) is 55.3 Å². The van der Waals surface area contributed by atoms with Gasteiger partial charge in [-0.05, 0) is 69.2 Å². The van der Waals surface area contributed by atoms with Crippen molar-refractivity contribution >= 4 is 28.4 Å². The molecule has 5 heteroatoms. The molecule has 1 unspecified atom stereocenters. The lowest BCUT2D eigenvalue weighted by Gasteiger charge is -2.21. The molecule has 154 valence electrons. The zero-order chi connectivity index (χ0) is 20.6. The van der Waals surface area contributed by atoms with Crippen molar-refractivity contribution in [2.45, 2.75) is 38.6 Å². The Bertz CT molecular complexity index is 922. The molecule has 0 aliphatic carbocycles. The predicted octanol–water partition coefficient (Wildman–Crippen LogP) is 5.80. The number of halogens is 1. The Hall–Kier alpha value is -2.30. The summed E-state index contributed by atoms with van der Waals surface area (Å²) in [4.78, 5) is 18.5. The molecule has 1 amide bonds. The zero-order valence-electron chi connectivity index (χ0n) is 17.2. The Morgan fingerprint density at radius 1 is 1.10 bits per heavy atom. The largest absolute Gasteiger partial charge is 0.351 e. The van der Waals surface area contributed by atoms with Crippen LogP contribution in [0.5, 0.6) is 0 Å². The first-order valence-electron chi connectivity index (χ1n) is 10.4. The smallest absolute Gasteiger partial charge is 0.268 e. The second-order valence-electron chi connectivity index (χ2n) is 7.65. The van der Waals surface area contributed by atoms with Gasteiger partial charge in [0.1, 0.15) is 5.69 Å². The lowest BCUT2D eigenvalue weighted by molar-refractivity contribution is 0.0929. The Kier molecular flexibility index (Phi) is 7.73. The number of aromatic nitrogens is 1. The van der Waals surface area contributed by atoms with Gasteiger partial charge in [-0.15, -0.1) is 0 Å². The number of benzene rings is 2. The van der Waals surface area contributed by atoms with Gasteiger partial charge in [-0.25, -0.2) is 0 Å². The molecule has 1 atom stereocenters. The Labute approximate surface area is 178 Å². The molecular formula is C24H30ClN3O. The third kappa shape index (κ3) is 6.09. The second-order valence-corrected chi connectivity index (χ2v) is 8.09. The molecule has 3 rings (SSSR count). The maximum atomic E-state index is 12.9. The molecule has 1 heterocycles. The summed E-state index contributed by atoms with van der Waals surface area (Å²) in [5.41, 5.74) is 2.60. The van der Waals surface area contributed by atoms with E-state index >= 15 is 0 Å². The molecule has 0 aliphatic heterocycles. The summed E-state index contributed by atoms with van der Waals surface area (Å²) in [6, 6.07) is 17.6. The van der Waals surface area contributed by atoms with Crippen LogP contribution in [0.2, 0.25) is 5.02 Å². The van der Waals surface area contributed by atoms with Crippen molar-refractivity contribution < 1.29 is 4.79 Å². The fourth-order valence-corrected chi connectivity index (χ4v) is 3.76. The van der Waals surface area contributed by atoms with Crippen LogP contribution < -0.4 is 5.32 Å². The average molecular weight is 412 g/mol. The van der Waals surface area contributed by atoms with Crippen LogP contribution in [0.3, 0.4) is 0 Å². The molecular weight excluding hydrogens is 382 g/mol. The minimum atomic E-state index is -0.0921. The molecule has 3 aromatic rings. The molecule has 29 heavy (non-hydrogen) atoms. The fraction of sp³-hybridized carbons (Fsp3) is 0.375. The van der Waals surface area contributed by atoms with Crippen LogP contribution in [-0.4, -0.2) is 35.9 Å². The van der Waals surface area contributed by atoms with Gasteiger partial charge in [0.2, 0.25) is 0 Å². The minimum Gasteiger partial charge on any atom is -0.351 e. The number of rotatable bonds is 10. The van der Waals surface area contributed by atoms with E-state index in [4.69, 9.17) is 11.6 Å².